The SMILES string of the molecule is COC(=O)c1ccc(NC(=O)c2ccc(Cc3cc(OC)ccc3OC)o2)c(C)c1. The van der Waals surface area contributed by atoms with Gasteiger partial charge in [0.05, 0.1) is 26.9 Å². The van der Waals surface area contributed by atoms with E-state index in [0.717, 1.165) is 11.1 Å². The standard InChI is InChI=1S/C23H23NO6/c1-14-11-15(23(26)29-4)5-8-19(14)24-22(25)21-10-7-18(30-21)13-16-12-17(27-2)6-9-20(16)28-3/h5-12H,13H2,1-4H3,(H,24,25). The van der Waals surface area contributed by atoms with Crippen molar-refractivity contribution in [3.8, 4) is 11.5 Å². The van der Waals surface area contributed by atoms with Crippen molar-refractivity contribution in [3.05, 3.63) is 76.7 Å². The van der Waals surface area contributed by atoms with Gasteiger partial charge in [0.15, 0.2) is 5.76 Å². The normalized spacial score (nSPS) is 10.4. The molecule has 1 aromatic heterocycles. The van der Waals surface area contributed by atoms with Gasteiger partial charge < -0.3 is 23.9 Å². The zero-order chi connectivity index (χ0) is 21.7. The van der Waals surface area contributed by atoms with Gasteiger partial charge in [0.2, 0.25) is 0 Å². The largest absolute Gasteiger partial charge is 0.497 e. The van der Waals surface area contributed by atoms with Crippen LogP contribution in [0.25, 0.3) is 0 Å². The van der Waals surface area contributed by atoms with E-state index in [1.54, 1.807) is 51.5 Å². The highest BCUT2D eigenvalue weighted by Gasteiger charge is 2.15. The molecule has 0 atom stereocenters. The Morgan fingerprint density at radius 1 is 0.967 bits per heavy atom. The Morgan fingerprint density at radius 2 is 1.77 bits per heavy atom. The maximum Gasteiger partial charge on any atom is 0.337 e. The smallest absolute Gasteiger partial charge is 0.337 e. The molecular weight excluding hydrogens is 386 g/mol. The van der Waals surface area contributed by atoms with Gasteiger partial charge in [-0.3, -0.25) is 4.79 Å². The first-order valence-corrected chi connectivity index (χ1v) is 9.25. The van der Waals surface area contributed by atoms with E-state index in [2.05, 4.69) is 5.32 Å². The van der Waals surface area contributed by atoms with E-state index >= 15 is 0 Å². The zero-order valence-electron chi connectivity index (χ0n) is 17.3. The average Bonchev–Trinajstić information content (AvgIpc) is 3.23. The highest BCUT2D eigenvalue weighted by Crippen LogP contribution is 2.27. The first-order chi connectivity index (χ1) is 14.4. The van der Waals surface area contributed by atoms with Crippen molar-refractivity contribution in [3.63, 3.8) is 0 Å². The van der Waals surface area contributed by atoms with Crippen LogP contribution in [0.15, 0.2) is 52.9 Å². The molecule has 0 bridgehead atoms. The minimum atomic E-state index is -0.431. The van der Waals surface area contributed by atoms with E-state index in [1.807, 2.05) is 18.2 Å². The molecule has 0 saturated carbocycles. The lowest BCUT2D eigenvalue weighted by Crippen LogP contribution is -2.12. The molecule has 0 unspecified atom stereocenters. The number of hydrogen-bond donors (Lipinski definition) is 1. The van der Waals surface area contributed by atoms with Gasteiger partial charge in [0.25, 0.3) is 5.91 Å². The summed E-state index contributed by atoms with van der Waals surface area (Å²) in [5.41, 5.74) is 2.62. The molecule has 30 heavy (non-hydrogen) atoms. The lowest BCUT2D eigenvalue weighted by Gasteiger charge is -2.10. The van der Waals surface area contributed by atoms with Gasteiger partial charge in [0, 0.05) is 17.7 Å². The fraction of sp³-hybridized carbons (Fsp3) is 0.217. The highest BCUT2D eigenvalue weighted by atomic mass is 16.5. The van der Waals surface area contributed by atoms with E-state index in [0.29, 0.717) is 34.9 Å². The molecule has 7 heteroatoms. The summed E-state index contributed by atoms with van der Waals surface area (Å²) in [5.74, 6) is 1.40. The summed E-state index contributed by atoms with van der Waals surface area (Å²) < 4.78 is 21.1. The first kappa shape index (κ1) is 21.0. The fourth-order valence-corrected chi connectivity index (χ4v) is 3.04. The van der Waals surface area contributed by atoms with Crippen molar-refractivity contribution in [2.45, 2.75) is 13.3 Å². The monoisotopic (exact) mass is 409 g/mol. The number of aryl methyl sites for hydroxylation is 1. The molecular formula is C23H23NO6. The molecule has 0 spiro atoms. The molecule has 7 nitrogen and oxygen atoms in total. The third-order valence-corrected chi connectivity index (χ3v) is 4.63. The van der Waals surface area contributed by atoms with Gasteiger partial charge in [0.1, 0.15) is 17.3 Å². The maximum atomic E-state index is 12.6. The molecule has 0 radical (unpaired) electrons. The van der Waals surface area contributed by atoms with Crippen LogP contribution in [0.2, 0.25) is 0 Å². The lowest BCUT2D eigenvalue weighted by atomic mass is 10.1. The predicted octanol–water partition coefficient (Wildman–Crippen LogP) is 4.23. The van der Waals surface area contributed by atoms with Crippen LogP contribution in [-0.4, -0.2) is 33.2 Å². The van der Waals surface area contributed by atoms with Crippen molar-refractivity contribution < 1.29 is 28.2 Å². The molecule has 1 heterocycles. The molecule has 3 rings (SSSR count). The Hall–Kier alpha value is -3.74. The highest BCUT2D eigenvalue weighted by molar-refractivity contribution is 6.03. The van der Waals surface area contributed by atoms with Gasteiger partial charge in [-0.25, -0.2) is 4.79 Å². The number of amides is 1. The number of carbonyl (C=O) groups excluding carboxylic acids is 2. The molecule has 0 saturated heterocycles. The lowest BCUT2D eigenvalue weighted by molar-refractivity contribution is 0.0600. The number of nitrogens with one attached hydrogen (secondary N) is 1. The number of furan rings is 1. The minimum absolute atomic E-state index is 0.184. The second-order valence-corrected chi connectivity index (χ2v) is 6.60. The molecule has 3 aromatic rings. The molecule has 1 amide bonds. The van der Waals surface area contributed by atoms with Crippen LogP contribution >= 0.6 is 0 Å². The summed E-state index contributed by atoms with van der Waals surface area (Å²) >= 11 is 0. The van der Waals surface area contributed by atoms with Gasteiger partial charge in [-0.2, -0.15) is 0 Å². The third-order valence-electron chi connectivity index (χ3n) is 4.63. The van der Waals surface area contributed by atoms with Crippen LogP contribution in [0.1, 0.15) is 37.8 Å². The number of esters is 1. The zero-order valence-corrected chi connectivity index (χ0v) is 17.3. The fourth-order valence-electron chi connectivity index (χ4n) is 3.04. The van der Waals surface area contributed by atoms with Gasteiger partial charge in [-0.15, -0.1) is 0 Å². The van der Waals surface area contributed by atoms with E-state index in [4.69, 9.17) is 18.6 Å². The van der Waals surface area contributed by atoms with Crippen LogP contribution in [0.5, 0.6) is 11.5 Å². The van der Waals surface area contributed by atoms with Crippen molar-refractivity contribution in [1.29, 1.82) is 0 Å². The van der Waals surface area contributed by atoms with Gasteiger partial charge in [-0.05, 0) is 61.0 Å². The third kappa shape index (κ3) is 4.63. The topological polar surface area (TPSA) is 87.0 Å². The Balaban J connectivity index is 1.74. The summed E-state index contributed by atoms with van der Waals surface area (Å²) in [6, 6.07) is 13.8. The number of rotatable bonds is 7. The number of carbonyl (C=O) groups is 2. The molecule has 2 aromatic carbocycles. The van der Waals surface area contributed by atoms with Crippen molar-refractivity contribution >= 4 is 17.6 Å². The summed E-state index contributed by atoms with van der Waals surface area (Å²) in [4.78, 5) is 24.2. The first-order valence-electron chi connectivity index (χ1n) is 9.25. The Kier molecular flexibility index (Phi) is 6.41. The van der Waals surface area contributed by atoms with E-state index in [1.165, 1.54) is 7.11 Å². The Labute approximate surface area is 174 Å². The number of anilines is 1. The molecule has 0 aliphatic carbocycles. The van der Waals surface area contributed by atoms with E-state index < -0.39 is 5.97 Å². The van der Waals surface area contributed by atoms with Crippen LogP contribution in [0.3, 0.4) is 0 Å². The van der Waals surface area contributed by atoms with Crippen LogP contribution < -0.4 is 14.8 Å². The minimum Gasteiger partial charge on any atom is -0.497 e. The van der Waals surface area contributed by atoms with E-state index in [-0.39, 0.29) is 11.7 Å². The number of ether oxygens (including phenoxy) is 3. The second-order valence-electron chi connectivity index (χ2n) is 6.60. The Bertz CT molecular complexity index is 1070. The van der Waals surface area contributed by atoms with Crippen molar-refractivity contribution in [1.82, 2.24) is 0 Å². The predicted molar refractivity (Wildman–Crippen MR) is 112 cm³/mol. The van der Waals surface area contributed by atoms with Crippen molar-refractivity contribution in [2.24, 2.45) is 0 Å². The van der Waals surface area contributed by atoms with Gasteiger partial charge in [-0.1, -0.05) is 0 Å². The number of hydrogen-bond acceptors (Lipinski definition) is 6. The van der Waals surface area contributed by atoms with Crippen LogP contribution in [0, 0.1) is 6.92 Å². The molecule has 0 fully saturated rings. The summed E-state index contributed by atoms with van der Waals surface area (Å²) in [5, 5.41) is 2.80. The average molecular weight is 409 g/mol. The molecule has 156 valence electrons. The number of benzene rings is 2. The molecule has 1 N–H and O–H groups in total. The van der Waals surface area contributed by atoms with E-state index in [9.17, 15) is 9.59 Å². The summed E-state index contributed by atoms with van der Waals surface area (Å²) in [6.45, 7) is 1.80. The summed E-state index contributed by atoms with van der Waals surface area (Å²) in [6.07, 6.45) is 0.445. The van der Waals surface area contributed by atoms with Crippen LogP contribution in [0.4, 0.5) is 5.69 Å². The maximum absolute atomic E-state index is 12.6. The molecule has 0 aliphatic rings. The quantitative estimate of drug-likeness (QED) is 0.588. The number of methoxy groups -OCH3 is 3. The van der Waals surface area contributed by atoms with Gasteiger partial charge >= 0.3 is 5.97 Å². The van der Waals surface area contributed by atoms with Crippen LogP contribution in [-0.2, 0) is 11.2 Å². The van der Waals surface area contributed by atoms with Crippen molar-refractivity contribution in [2.75, 3.05) is 26.6 Å². The summed E-state index contributed by atoms with van der Waals surface area (Å²) in [7, 11) is 4.52. The molecule has 0 aliphatic heterocycles. The second kappa shape index (κ2) is 9.17. The Morgan fingerprint density at radius 3 is 2.43 bits per heavy atom.